The van der Waals surface area contributed by atoms with Crippen LogP contribution in [0.1, 0.15) is 18.4 Å². The molecule has 1 fully saturated rings. The maximum Gasteiger partial charge on any atom is 0.126 e. The standard InChI is InChI=1S/C12H18N2O2/c1-16-8-12(15,10-4-5-10)7-9-3-2-6-14-11(9)13/h2-3,6,10,15H,4-5,7-8H2,1H3,(H2,13,14). The number of aliphatic hydroxyl groups is 1. The molecule has 1 aromatic rings. The molecule has 0 saturated heterocycles. The number of rotatable bonds is 5. The van der Waals surface area contributed by atoms with Crippen molar-refractivity contribution >= 4 is 5.82 Å². The van der Waals surface area contributed by atoms with Crippen LogP contribution in [0.3, 0.4) is 0 Å². The third-order valence-electron chi connectivity index (χ3n) is 3.15. The van der Waals surface area contributed by atoms with Gasteiger partial charge in [0, 0.05) is 19.7 Å². The molecule has 1 heterocycles. The predicted molar refractivity (Wildman–Crippen MR) is 61.9 cm³/mol. The Balaban J connectivity index is 2.14. The van der Waals surface area contributed by atoms with Crippen LogP contribution in [0.25, 0.3) is 0 Å². The van der Waals surface area contributed by atoms with E-state index in [1.165, 1.54) is 0 Å². The number of ether oxygens (including phenoxy) is 1. The van der Waals surface area contributed by atoms with Gasteiger partial charge in [-0.25, -0.2) is 4.98 Å². The number of pyridine rings is 1. The van der Waals surface area contributed by atoms with Gasteiger partial charge in [0.1, 0.15) is 5.82 Å². The van der Waals surface area contributed by atoms with Gasteiger partial charge in [0.05, 0.1) is 12.2 Å². The van der Waals surface area contributed by atoms with Crippen molar-refractivity contribution < 1.29 is 9.84 Å². The van der Waals surface area contributed by atoms with E-state index in [4.69, 9.17) is 10.5 Å². The minimum absolute atomic E-state index is 0.340. The number of aromatic nitrogens is 1. The van der Waals surface area contributed by atoms with Crippen LogP contribution in [0.4, 0.5) is 5.82 Å². The largest absolute Gasteiger partial charge is 0.387 e. The van der Waals surface area contributed by atoms with Gasteiger partial charge in [-0.1, -0.05) is 6.07 Å². The maximum atomic E-state index is 10.5. The summed E-state index contributed by atoms with van der Waals surface area (Å²) in [6, 6.07) is 3.75. The summed E-state index contributed by atoms with van der Waals surface area (Å²) in [5, 5.41) is 10.5. The Kier molecular flexibility index (Phi) is 3.12. The molecule has 1 aliphatic rings. The molecule has 1 atom stereocenters. The van der Waals surface area contributed by atoms with Gasteiger partial charge in [0.15, 0.2) is 0 Å². The van der Waals surface area contributed by atoms with E-state index >= 15 is 0 Å². The lowest BCUT2D eigenvalue weighted by Gasteiger charge is -2.27. The Morgan fingerprint density at radius 1 is 1.62 bits per heavy atom. The lowest BCUT2D eigenvalue weighted by atomic mass is 9.90. The highest BCUT2D eigenvalue weighted by Crippen LogP contribution is 2.42. The van der Waals surface area contributed by atoms with Crippen molar-refractivity contribution in [3.05, 3.63) is 23.9 Å². The monoisotopic (exact) mass is 222 g/mol. The normalized spacial score (nSPS) is 19.4. The highest BCUT2D eigenvalue weighted by Gasteiger charge is 2.44. The second-order valence-corrected chi connectivity index (χ2v) is 4.54. The summed E-state index contributed by atoms with van der Waals surface area (Å²) in [5.41, 5.74) is 5.89. The molecule has 0 amide bonds. The van der Waals surface area contributed by atoms with Crippen LogP contribution in [0.5, 0.6) is 0 Å². The van der Waals surface area contributed by atoms with Crippen LogP contribution < -0.4 is 5.73 Å². The fourth-order valence-electron chi connectivity index (χ4n) is 2.11. The second kappa shape index (κ2) is 4.39. The van der Waals surface area contributed by atoms with Crippen molar-refractivity contribution in [3.8, 4) is 0 Å². The summed E-state index contributed by atoms with van der Waals surface area (Å²) in [4.78, 5) is 4.03. The molecular weight excluding hydrogens is 204 g/mol. The first-order chi connectivity index (χ1) is 7.65. The zero-order valence-electron chi connectivity index (χ0n) is 9.52. The number of nitrogens with zero attached hydrogens (tertiary/aromatic N) is 1. The Bertz CT molecular complexity index is 366. The van der Waals surface area contributed by atoms with Gasteiger partial charge in [-0.05, 0) is 30.4 Å². The molecule has 1 aliphatic carbocycles. The van der Waals surface area contributed by atoms with Crippen LogP contribution in [0.2, 0.25) is 0 Å². The van der Waals surface area contributed by atoms with Crippen molar-refractivity contribution in [2.45, 2.75) is 24.9 Å². The average Bonchev–Trinajstić information content (AvgIpc) is 3.05. The van der Waals surface area contributed by atoms with E-state index in [0.29, 0.717) is 24.8 Å². The molecule has 1 aromatic heterocycles. The number of anilines is 1. The molecule has 0 bridgehead atoms. The minimum Gasteiger partial charge on any atom is -0.387 e. The molecule has 3 N–H and O–H groups in total. The van der Waals surface area contributed by atoms with Crippen molar-refractivity contribution in [2.24, 2.45) is 5.92 Å². The maximum absolute atomic E-state index is 10.5. The molecular formula is C12H18N2O2. The zero-order valence-corrected chi connectivity index (χ0v) is 9.52. The van der Waals surface area contributed by atoms with Crippen LogP contribution in [-0.2, 0) is 11.2 Å². The molecule has 0 spiro atoms. The van der Waals surface area contributed by atoms with E-state index in [0.717, 1.165) is 18.4 Å². The predicted octanol–water partition coefficient (Wildman–Crippen LogP) is 0.994. The van der Waals surface area contributed by atoms with E-state index in [1.54, 1.807) is 13.3 Å². The molecule has 0 radical (unpaired) electrons. The van der Waals surface area contributed by atoms with Crippen LogP contribution in [0.15, 0.2) is 18.3 Å². The van der Waals surface area contributed by atoms with E-state index in [2.05, 4.69) is 4.98 Å². The van der Waals surface area contributed by atoms with Crippen molar-refractivity contribution in [3.63, 3.8) is 0 Å². The van der Waals surface area contributed by atoms with Gasteiger partial charge in [0.2, 0.25) is 0 Å². The molecule has 4 nitrogen and oxygen atoms in total. The van der Waals surface area contributed by atoms with Crippen molar-refractivity contribution in [1.29, 1.82) is 0 Å². The Labute approximate surface area is 95.4 Å². The first kappa shape index (κ1) is 11.4. The number of methoxy groups -OCH3 is 1. The Morgan fingerprint density at radius 3 is 2.94 bits per heavy atom. The number of nitrogens with two attached hydrogens (primary N) is 1. The van der Waals surface area contributed by atoms with Gasteiger partial charge >= 0.3 is 0 Å². The lowest BCUT2D eigenvalue weighted by molar-refractivity contribution is -0.0473. The van der Waals surface area contributed by atoms with E-state index in [-0.39, 0.29) is 0 Å². The fourth-order valence-corrected chi connectivity index (χ4v) is 2.11. The van der Waals surface area contributed by atoms with Crippen LogP contribution in [-0.4, -0.2) is 29.4 Å². The molecule has 0 aliphatic heterocycles. The van der Waals surface area contributed by atoms with Gasteiger partial charge in [-0.15, -0.1) is 0 Å². The Hall–Kier alpha value is -1.13. The van der Waals surface area contributed by atoms with Gasteiger partial charge in [-0.3, -0.25) is 0 Å². The van der Waals surface area contributed by atoms with Gasteiger partial charge in [0.25, 0.3) is 0 Å². The van der Waals surface area contributed by atoms with Gasteiger partial charge < -0.3 is 15.6 Å². The topological polar surface area (TPSA) is 68.4 Å². The summed E-state index contributed by atoms with van der Waals surface area (Å²) in [6.07, 6.45) is 4.32. The Morgan fingerprint density at radius 2 is 2.38 bits per heavy atom. The number of nitrogen functional groups attached to an aromatic ring is 1. The van der Waals surface area contributed by atoms with Crippen molar-refractivity contribution in [2.75, 3.05) is 19.5 Å². The molecule has 0 aromatic carbocycles. The molecule has 4 heteroatoms. The smallest absolute Gasteiger partial charge is 0.126 e. The quantitative estimate of drug-likeness (QED) is 0.779. The lowest BCUT2D eigenvalue weighted by Crippen LogP contribution is -2.39. The van der Waals surface area contributed by atoms with Crippen LogP contribution in [0, 0.1) is 5.92 Å². The highest BCUT2D eigenvalue weighted by atomic mass is 16.5. The average molecular weight is 222 g/mol. The fraction of sp³-hybridized carbons (Fsp3) is 0.583. The third kappa shape index (κ3) is 2.33. The number of hydrogen-bond acceptors (Lipinski definition) is 4. The molecule has 88 valence electrons. The molecule has 2 rings (SSSR count). The SMILES string of the molecule is COCC(O)(Cc1cccnc1N)C1CC1. The minimum atomic E-state index is -0.786. The van der Waals surface area contributed by atoms with E-state index in [9.17, 15) is 5.11 Å². The second-order valence-electron chi connectivity index (χ2n) is 4.54. The summed E-state index contributed by atoms with van der Waals surface area (Å²) in [7, 11) is 1.61. The summed E-state index contributed by atoms with van der Waals surface area (Å²) < 4.78 is 5.11. The zero-order chi connectivity index (χ0) is 11.6. The molecule has 1 unspecified atom stereocenters. The highest BCUT2D eigenvalue weighted by molar-refractivity contribution is 5.39. The molecule has 1 saturated carbocycles. The first-order valence-corrected chi connectivity index (χ1v) is 5.56. The summed E-state index contributed by atoms with van der Waals surface area (Å²) in [6.45, 7) is 0.353. The summed E-state index contributed by atoms with van der Waals surface area (Å²) in [5.74, 6) is 0.838. The first-order valence-electron chi connectivity index (χ1n) is 5.56. The number of hydrogen-bond donors (Lipinski definition) is 2. The van der Waals surface area contributed by atoms with E-state index < -0.39 is 5.60 Å². The molecule has 16 heavy (non-hydrogen) atoms. The summed E-state index contributed by atoms with van der Waals surface area (Å²) >= 11 is 0. The third-order valence-corrected chi connectivity index (χ3v) is 3.15. The van der Waals surface area contributed by atoms with Crippen molar-refractivity contribution in [1.82, 2.24) is 4.98 Å². The van der Waals surface area contributed by atoms with E-state index in [1.807, 2.05) is 12.1 Å². The van der Waals surface area contributed by atoms with Gasteiger partial charge in [-0.2, -0.15) is 0 Å². The van der Waals surface area contributed by atoms with Crippen LogP contribution >= 0.6 is 0 Å².